The highest BCUT2D eigenvalue weighted by Gasteiger charge is 2.04. The van der Waals surface area contributed by atoms with Gasteiger partial charge in [0.2, 0.25) is 0 Å². The van der Waals surface area contributed by atoms with Crippen LogP contribution in [0.3, 0.4) is 0 Å². The summed E-state index contributed by atoms with van der Waals surface area (Å²) in [5, 5.41) is 19.0. The first-order valence-electron chi connectivity index (χ1n) is 5.15. The number of hydrogen-bond donors (Lipinski definition) is 2. The molecule has 1 heterocycles. The molecule has 0 unspecified atom stereocenters. The topological polar surface area (TPSA) is 45.4 Å². The van der Waals surface area contributed by atoms with Gasteiger partial charge in [0.25, 0.3) is 0 Å². The highest BCUT2D eigenvalue weighted by molar-refractivity contribution is 5.83. The molecule has 2 N–H and O–H groups in total. The van der Waals surface area contributed by atoms with Crippen LogP contribution in [-0.2, 0) is 13.0 Å². The minimum Gasteiger partial charge on any atom is -0.396 e. The molecule has 0 atom stereocenters. The van der Waals surface area contributed by atoms with E-state index in [2.05, 4.69) is 0 Å². The number of fused-ring (bicyclic) bond motifs is 1. The Balaban J connectivity index is 2.48. The molecule has 0 aliphatic heterocycles. The van der Waals surface area contributed by atoms with Crippen LogP contribution in [0.2, 0.25) is 0 Å². The summed E-state index contributed by atoms with van der Waals surface area (Å²) in [4.78, 5) is 0. The SMILES string of the molecule is OCCc1cccc2c1ccn2CCO. The zero-order chi connectivity index (χ0) is 10.7. The molecular weight excluding hydrogens is 190 g/mol. The molecule has 1 aromatic heterocycles. The average Bonchev–Trinajstić information content (AvgIpc) is 2.64. The maximum Gasteiger partial charge on any atom is 0.0610 e. The van der Waals surface area contributed by atoms with E-state index in [1.165, 1.54) is 5.39 Å². The molecule has 2 rings (SSSR count). The van der Waals surface area contributed by atoms with Crippen LogP contribution in [0, 0.1) is 0 Å². The van der Waals surface area contributed by atoms with Crippen molar-refractivity contribution < 1.29 is 10.2 Å². The van der Waals surface area contributed by atoms with Gasteiger partial charge in [-0.2, -0.15) is 0 Å². The predicted molar refractivity (Wildman–Crippen MR) is 59.8 cm³/mol. The summed E-state index contributed by atoms with van der Waals surface area (Å²) < 4.78 is 2.02. The van der Waals surface area contributed by atoms with Gasteiger partial charge < -0.3 is 14.8 Å². The van der Waals surface area contributed by atoms with E-state index in [0.717, 1.165) is 11.1 Å². The number of nitrogens with zero attached hydrogens (tertiary/aromatic N) is 1. The molecule has 3 heteroatoms. The van der Waals surface area contributed by atoms with Crippen molar-refractivity contribution >= 4 is 10.9 Å². The van der Waals surface area contributed by atoms with Crippen molar-refractivity contribution in [2.24, 2.45) is 0 Å². The summed E-state index contributed by atoms with van der Waals surface area (Å²) in [6.07, 6.45) is 2.65. The van der Waals surface area contributed by atoms with Crippen molar-refractivity contribution in [2.45, 2.75) is 13.0 Å². The lowest BCUT2D eigenvalue weighted by Gasteiger charge is -2.04. The fourth-order valence-electron chi connectivity index (χ4n) is 1.93. The second-order valence-corrected chi connectivity index (χ2v) is 3.56. The largest absolute Gasteiger partial charge is 0.396 e. The molecule has 0 saturated heterocycles. The van der Waals surface area contributed by atoms with Crippen LogP contribution in [0.25, 0.3) is 10.9 Å². The number of aromatic nitrogens is 1. The van der Waals surface area contributed by atoms with Gasteiger partial charge in [0.1, 0.15) is 0 Å². The van der Waals surface area contributed by atoms with E-state index in [1.807, 2.05) is 35.0 Å². The van der Waals surface area contributed by atoms with E-state index in [0.29, 0.717) is 13.0 Å². The summed E-state index contributed by atoms with van der Waals surface area (Å²) >= 11 is 0. The second-order valence-electron chi connectivity index (χ2n) is 3.56. The normalized spacial score (nSPS) is 11.1. The van der Waals surface area contributed by atoms with Gasteiger partial charge >= 0.3 is 0 Å². The van der Waals surface area contributed by atoms with Crippen molar-refractivity contribution in [3.63, 3.8) is 0 Å². The van der Waals surface area contributed by atoms with Crippen molar-refractivity contribution in [1.29, 1.82) is 0 Å². The Morgan fingerprint density at radius 2 is 1.93 bits per heavy atom. The van der Waals surface area contributed by atoms with Gasteiger partial charge in [0.15, 0.2) is 0 Å². The van der Waals surface area contributed by atoms with Crippen LogP contribution in [0.15, 0.2) is 30.5 Å². The molecule has 0 bridgehead atoms. The zero-order valence-electron chi connectivity index (χ0n) is 8.56. The number of rotatable bonds is 4. The quantitative estimate of drug-likeness (QED) is 0.787. The molecule has 0 aliphatic rings. The highest BCUT2D eigenvalue weighted by atomic mass is 16.3. The van der Waals surface area contributed by atoms with Gasteiger partial charge in [0, 0.05) is 30.3 Å². The number of hydrogen-bond acceptors (Lipinski definition) is 2. The molecule has 0 saturated carbocycles. The first-order valence-corrected chi connectivity index (χ1v) is 5.15. The Labute approximate surface area is 88.6 Å². The number of aliphatic hydroxyl groups is 2. The summed E-state index contributed by atoms with van der Waals surface area (Å²) in [5.74, 6) is 0. The Kier molecular flexibility index (Phi) is 3.04. The molecule has 80 valence electrons. The van der Waals surface area contributed by atoms with Gasteiger partial charge in [-0.3, -0.25) is 0 Å². The Morgan fingerprint density at radius 1 is 1.07 bits per heavy atom. The fourth-order valence-corrected chi connectivity index (χ4v) is 1.93. The first kappa shape index (κ1) is 10.2. The van der Waals surface area contributed by atoms with Crippen molar-refractivity contribution in [3.8, 4) is 0 Å². The predicted octanol–water partition coefficient (Wildman–Crippen LogP) is 1.17. The van der Waals surface area contributed by atoms with Gasteiger partial charge in [-0.05, 0) is 24.1 Å². The maximum atomic E-state index is 8.94. The molecule has 2 aromatic rings. The molecule has 0 amide bonds. The summed E-state index contributed by atoms with van der Waals surface area (Å²) in [5.41, 5.74) is 2.28. The van der Waals surface area contributed by atoms with E-state index in [-0.39, 0.29) is 13.2 Å². The van der Waals surface area contributed by atoms with Crippen LogP contribution in [0.5, 0.6) is 0 Å². The standard InChI is InChI=1S/C12H15NO2/c14-8-5-10-2-1-3-12-11(10)4-6-13(12)7-9-15/h1-4,6,14-15H,5,7-9H2. The lowest BCUT2D eigenvalue weighted by Crippen LogP contribution is -2.00. The third-order valence-electron chi connectivity index (χ3n) is 2.63. The van der Waals surface area contributed by atoms with E-state index in [1.54, 1.807) is 0 Å². The first-order chi connectivity index (χ1) is 7.36. The Hall–Kier alpha value is -1.32. The molecule has 15 heavy (non-hydrogen) atoms. The number of benzene rings is 1. The van der Waals surface area contributed by atoms with E-state index in [9.17, 15) is 0 Å². The van der Waals surface area contributed by atoms with E-state index < -0.39 is 0 Å². The Morgan fingerprint density at radius 3 is 2.67 bits per heavy atom. The van der Waals surface area contributed by atoms with Crippen LogP contribution in [0.1, 0.15) is 5.56 Å². The maximum absolute atomic E-state index is 8.94. The second kappa shape index (κ2) is 4.47. The minimum absolute atomic E-state index is 0.147. The average molecular weight is 205 g/mol. The fraction of sp³-hybridized carbons (Fsp3) is 0.333. The minimum atomic E-state index is 0.147. The molecular formula is C12H15NO2. The van der Waals surface area contributed by atoms with Gasteiger partial charge in [-0.15, -0.1) is 0 Å². The monoisotopic (exact) mass is 205 g/mol. The number of aliphatic hydroxyl groups excluding tert-OH is 2. The van der Waals surface area contributed by atoms with Crippen LogP contribution < -0.4 is 0 Å². The Bertz CT molecular complexity index is 448. The molecule has 0 spiro atoms. The van der Waals surface area contributed by atoms with Gasteiger partial charge in [0.05, 0.1) is 6.61 Å². The molecule has 0 aliphatic carbocycles. The summed E-state index contributed by atoms with van der Waals surface area (Å²) in [7, 11) is 0. The highest BCUT2D eigenvalue weighted by Crippen LogP contribution is 2.20. The van der Waals surface area contributed by atoms with Crippen molar-refractivity contribution in [1.82, 2.24) is 4.57 Å². The van der Waals surface area contributed by atoms with Gasteiger partial charge in [-0.1, -0.05) is 12.1 Å². The smallest absolute Gasteiger partial charge is 0.0610 e. The third kappa shape index (κ3) is 1.89. The molecule has 0 radical (unpaired) electrons. The van der Waals surface area contributed by atoms with Gasteiger partial charge in [-0.25, -0.2) is 0 Å². The van der Waals surface area contributed by atoms with Crippen molar-refractivity contribution in [3.05, 3.63) is 36.0 Å². The third-order valence-corrected chi connectivity index (χ3v) is 2.63. The lowest BCUT2D eigenvalue weighted by atomic mass is 10.1. The summed E-state index contributed by atoms with van der Waals surface area (Å²) in [6, 6.07) is 8.09. The zero-order valence-corrected chi connectivity index (χ0v) is 8.56. The summed E-state index contributed by atoms with van der Waals surface area (Å²) in [6.45, 7) is 0.935. The van der Waals surface area contributed by atoms with E-state index in [4.69, 9.17) is 10.2 Å². The van der Waals surface area contributed by atoms with E-state index >= 15 is 0 Å². The van der Waals surface area contributed by atoms with Crippen LogP contribution in [0.4, 0.5) is 0 Å². The lowest BCUT2D eigenvalue weighted by molar-refractivity contribution is 0.278. The van der Waals surface area contributed by atoms with Crippen LogP contribution >= 0.6 is 0 Å². The molecule has 1 aromatic carbocycles. The molecule has 3 nitrogen and oxygen atoms in total. The molecule has 0 fully saturated rings. The van der Waals surface area contributed by atoms with Crippen LogP contribution in [-0.4, -0.2) is 28.0 Å². The van der Waals surface area contributed by atoms with Crippen molar-refractivity contribution in [2.75, 3.05) is 13.2 Å².